The van der Waals surface area contributed by atoms with E-state index in [4.69, 9.17) is 19.3 Å². The van der Waals surface area contributed by atoms with Crippen molar-refractivity contribution < 1.29 is 23.5 Å². The Hall–Kier alpha value is -3.66. The summed E-state index contributed by atoms with van der Waals surface area (Å²) in [4.78, 5) is 31.4. The molecule has 9 nitrogen and oxygen atoms in total. The number of Topliss-reactive ketones (excluding diaryl/α,β-unsaturated/α-hetero) is 1. The van der Waals surface area contributed by atoms with Crippen molar-refractivity contribution in [3.63, 3.8) is 0 Å². The van der Waals surface area contributed by atoms with Crippen molar-refractivity contribution in [3.05, 3.63) is 64.7 Å². The minimum Gasteiger partial charge on any atom is -0.496 e. The van der Waals surface area contributed by atoms with Crippen LogP contribution in [0.4, 0.5) is 0 Å². The molecule has 0 radical (unpaired) electrons. The Morgan fingerprint density at radius 2 is 1.92 bits per heavy atom. The van der Waals surface area contributed by atoms with Crippen molar-refractivity contribution in [1.29, 1.82) is 5.41 Å². The summed E-state index contributed by atoms with van der Waals surface area (Å²) in [5.74, 6) is 1.74. The number of carbonyl (C=O) groups is 2. The summed E-state index contributed by atoms with van der Waals surface area (Å²) in [6.07, 6.45) is 3.09. The van der Waals surface area contributed by atoms with E-state index in [0.717, 1.165) is 11.1 Å². The van der Waals surface area contributed by atoms with Gasteiger partial charge in [-0.2, -0.15) is 0 Å². The van der Waals surface area contributed by atoms with E-state index >= 15 is 0 Å². The Kier molecular flexibility index (Phi) is 9.22. The Labute approximate surface area is 239 Å². The second kappa shape index (κ2) is 12.0. The van der Waals surface area contributed by atoms with Crippen LogP contribution in [0, 0.1) is 5.41 Å². The van der Waals surface area contributed by atoms with Crippen molar-refractivity contribution in [3.8, 4) is 22.8 Å². The van der Waals surface area contributed by atoms with Gasteiger partial charge in [-0.25, -0.2) is 4.98 Å². The number of aromatic nitrogens is 1. The van der Waals surface area contributed by atoms with Crippen molar-refractivity contribution >= 4 is 34.5 Å². The summed E-state index contributed by atoms with van der Waals surface area (Å²) in [5.41, 5.74) is 4.03. The Morgan fingerprint density at radius 3 is 2.51 bits per heavy atom. The van der Waals surface area contributed by atoms with Crippen LogP contribution in [0.3, 0.4) is 0 Å². The first kappa shape index (κ1) is 29.9. The Morgan fingerprint density at radius 1 is 1.18 bits per heavy atom. The number of methoxy groups -OCH3 is 1. The maximum atomic E-state index is 13.6. The number of amidine groups is 1. The van der Waals surface area contributed by atoms with Gasteiger partial charge in [0.05, 0.1) is 38.4 Å². The predicted molar refractivity (Wildman–Crippen MR) is 154 cm³/mol. The van der Waals surface area contributed by atoms with Crippen LogP contribution in [0.15, 0.2) is 41.3 Å². The molecule has 1 amide bonds. The summed E-state index contributed by atoms with van der Waals surface area (Å²) in [7, 11) is 3.19. The number of benzene rings is 2. The third-order valence-corrected chi connectivity index (χ3v) is 6.60. The number of hydrogen-bond donors (Lipinski definition) is 2. The summed E-state index contributed by atoms with van der Waals surface area (Å²) in [5, 5.41) is 11.4. The number of nitrogens with zero attached hydrogens (tertiary/aromatic N) is 2. The standard InChI is InChI=1S/C29H34N4O5.BrH/c1-7-37-24-11-19-14-33(28(30)20(19)9-18(24)12-26(35)31-5)15-23(34)17-8-21(25-13-32-16-38-25)27(36-6)22(10-17)29(2,3)4;/h8-11,13,16,30H,7,12,14-15H2,1-6H3,(H,31,35);1H. The minimum absolute atomic E-state index is 0. The molecule has 39 heavy (non-hydrogen) atoms. The van der Waals surface area contributed by atoms with Crippen molar-refractivity contribution in [2.75, 3.05) is 27.3 Å². The van der Waals surface area contributed by atoms with Crippen LogP contribution in [-0.4, -0.2) is 54.7 Å². The maximum Gasteiger partial charge on any atom is 0.224 e. The van der Waals surface area contributed by atoms with Gasteiger partial charge in [-0.05, 0) is 42.2 Å². The van der Waals surface area contributed by atoms with E-state index in [9.17, 15) is 9.59 Å². The summed E-state index contributed by atoms with van der Waals surface area (Å²) < 4.78 is 17.1. The smallest absolute Gasteiger partial charge is 0.224 e. The molecule has 1 aliphatic rings. The monoisotopic (exact) mass is 598 g/mol. The number of ketones is 1. The van der Waals surface area contributed by atoms with E-state index in [1.165, 1.54) is 6.39 Å². The van der Waals surface area contributed by atoms with Crippen LogP contribution in [0.1, 0.15) is 60.3 Å². The van der Waals surface area contributed by atoms with Gasteiger partial charge < -0.3 is 24.1 Å². The molecule has 0 spiro atoms. The fourth-order valence-electron chi connectivity index (χ4n) is 4.66. The van der Waals surface area contributed by atoms with Crippen LogP contribution in [0.5, 0.6) is 11.5 Å². The lowest BCUT2D eigenvalue weighted by atomic mass is 9.83. The molecule has 3 aromatic rings. The van der Waals surface area contributed by atoms with Gasteiger partial charge in [-0.1, -0.05) is 20.8 Å². The summed E-state index contributed by atoms with van der Waals surface area (Å²) >= 11 is 0. The van der Waals surface area contributed by atoms with Crippen LogP contribution in [0.2, 0.25) is 0 Å². The Balaban J connectivity index is 0.00000420. The average Bonchev–Trinajstić information content (AvgIpc) is 3.51. The van der Waals surface area contributed by atoms with Gasteiger partial charge in [0.2, 0.25) is 5.91 Å². The van der Waals surface area contributed by atoms with Crippen molar-refractivity contribution in [2.45, 2.75) is 46.1 Å². The first-order valence-corrected chi connectivity index (χ1v) is 12.5. The molecular formula is C29H35BrN4O5. The largest absolute Gasteiger partial charge is 0.496 e. The molecule has 4 rings (SSSR count). The number of oxazole rings is 1. The lowest BCUT2D eigenvalue weighted by Crippen LogP contribution is -2.30. The molecule has 2 aromatic carbocycles. The third-order valence-electron chi connectivity index (χ3n) is 6.60. The number of likely N-dealkylation sites (N-methyl/N-ethyl adjacent to an activating group) is 1. The zero-order valence-electron chi connectivity index (χ0n) is 23.1. The molecule has 1 aromatic heterocycles. The minimum atomic E-state index is -0.302. The van der Waals surface area contributed by atoms with Crippen molar-refractivity contribution in [2.24, 2.45) is 0 Å². The topological polar surface area (TPSA) is 118 Å². The van der Waals surface area contributed by atoms with Gasteiger partial charge in [0.15, 0.2) is 17.9 Å². The van der Waals surface area contributed by atoms with Gasteiger partial charge in [0.25, 0.3) is 0 Å². The number of carbonyl (C=O) groups excluding carboxylic acids is 2. The molecule has 0 unspecified atom stereocenters. The molecule has 0 saturated carbocycles. The summed E-state index contributed by atoms with van der Waals surface area (Å²) in [6, 6.07) is 7.33. The maximum absolute atomic E-state index is 13.6. The molecule has 208 valence electrons. The fourth-order valence-corrected chi connectivity index (χ4v) is 4.66. The molecule has 2 heterocycles. The molecule has 2 N–H and O–H groups in total. The van der Waals surface area contributed by atoms with Gasteiger partial charge in [-0.15, -0.1) is 17.0 Å². The van der Waals surface area contributed by atoms with Gasteiger partial charge in [-0.3, -0.25) is 15.0 Å². The fraction of sp³-hybridized carbons (Fsp3) is 0.379. The van der Waals surface area contributed by atoms with E-state index in [2.05, 4.69) is 31.1 Å². The van der Waals surface area contributed by atoms with Crippen LogP contribution in [-0.2, 0) is 23.2 Å². The van der Waals surface area contributed by atoms with E-state index in [0.29, 0.717) is 52.7 Å². The zero-order chi connectivity index (χ0) is 27.6. The number of hydrogen-bond acceptors (Lipinski definition) is 7. The molecule has 10 heteroatoms. The second-order valence-electron chi connectivity index (χ2n) is 10.2. The molecule has 0 fully saturated rings. The van der Waals surface area contributed by atoms with Crippen molar-refractivity contribution in [1.82, 2.24) is 15.2 Å². The highest BCUT2D eigenvalue weighted by atomic mass is 79.9. The number of ether oxygens (including phenoxy) is 2. The van der Waals surface area contributed by atoms with Crippen LogP contribution >= 0.6 is 17.0 Å². The molecule has 0 aliphatic carbocycles. The van der Waals surface area contributed by atoms with Gasteiger partial charge >= 0.3 is 0 Å². The third kappa shape index (κ3) is 6.16. The van der Waals surface area contributed by atoms with E-state index in [1.54, 1.807) is 31.3 Å². The Bertz CT molecular complexity index is 1380. The van der Waals surface area contributed by atoms with Crippen LogP contribution in [0.25, 0.3) is 11.3 Å². The van der Waals surface area contributed by atoms with E-state index < -0.39 is 0 Å². The zero-order valence-corrected chi connectivity index (χ0v) is 24.8. The average molecular weight is 600 g/mol. The SMILES string of the molecule is Br.CCOc1cc2c(cc1CC(=O)NC)C(=N)N(CC(=O)c1cc(-c3cnco3)c(OC)c(C(C)(C)C)c1)C2. The lowest BCUT2D eigenvalue weighted by Gasteiger charge is -2.25. The summed E-state index contributed by atoms with van der Waals surface area (Å²) in [6.45, 7) is 8.94. The van der Waals surface area contributed by atoms with Crippen LogP contribution < -0.4 is 14.8 Å². The number of rotatable bonds is 9. The van der Waals surface area contributed by atoms with E-state index in [-0.39, 0.29) is 52.9 Å². The molecule has 0 bridgehead atoms. The normalized spacial score (nSPS) is 12.6. The number of fused-ring (bicyclic) bond motifs is 1. The number of amides is 1. The van der Waals surface area contributed by atoms with Gasteiger partial charge in [0, 0.05) is 35.8 Å². The number of nitrogens with one attached hydrogen (secondary N) is 2. The highest BCUT2D eigenvalue weighted by Gasteiger charge is 2.30. The first-order chi connectivity index (χ1) is 18.1. The molecule has 0 atom stereocenters. The molecule has 1 aliphatic heterocycles. The highest BCUT2D eigenvalue weighted by molar-refractivity contribution is 8.93. The molecule has 0 saturated heterocycles. The second-order valence-corrected chi connectivity index (χ2v) is 10.2. The highest BCUT2D eigenvalue weighted by Crippen LogP contribution is 2.40. The lowest BCUT2D eigenvalue weighted by molar-refractivity contribution is -0.119. The van der Waals surface area contributed by atoms with E-state index in [1.807, 2.05) is 25.1 Å². The number of halogens is 1. The quantitative estimate of drug-likeness (QED) is 0.335. The first-order valence-electron chi connectivity index (χ1n) is 12.5. The predicted octanol–water partition coefficient (Wildman–Crippen LogP) is 4.94. The molecular weight excluding hydrogens is 564 g/mol. The van der Waals surface area contributed by atoms with Gasteiger partial charge in [0.1, 0.15) is 17.3 Å².